The second-order valence-electron chi connectivity index (χ2n) is 13.5. The highest BCUT2D eigenvalue weighted by atomic mass is 16.7. The SMILES string of the molecule is C=C1[C@]2(CCC(=O)OC2(C)C)C[C@@H](OC(=O)/C(C)=C/C)[C@@]2(C)[C@]34C(=O)O[C@@H](C)[C@@]35O[C@]12[C@@H](OC(C)=O)[C@@](C)(OC5=O)C4=O. The summed E-state index contributed by atoms with van der Waals surface area (Å²) in [6, 6.07) is 0. The molecule has 43 heavy (non-hydrogen) atoms. The van der Waals surface area contributed by atoms with Gasteiger partial charge in [-0.2, -0.15) is 0 Å². The minimum Gasteiger partial charge on any atom is -0.459 e. The number of hydrogen-bond donors (Lipinski definition) is 0. The summed E-state index contributed by atoms with van der Waals surface area (Å²) in [5, 5.41) is 0. The van der Waals surface area contributed by atoms with Gasteiger partial charge in [-0.3, -0.25) is 19.2 Å². The van der Waals surface area contributed by atoms with Crippen molar-refractivity contribution in [3.63, 3.8) is 0 Å². The molecule has 0 radical (unpaired) electrons. The lowest BCUT2D eigenvalue weighted by Gasteiger charge is -2.68. The topological polar surface area (TPSA) is 158 Å². The van der Waals surface area contributed by atoms with Crippen LogP contribution >= 0.6 is 0 Å². The summed E-state index contributed by atoms with van der Waals surface area (Å²) in [5.74, 6) is -4.95. The maximum atomic E-state index is 14.9. The van der Waals surface area contributed by atoms with Crippen LogP contribution < -0.4 is 0 Å². The van der Waals surface area contributed by atoms with Crippen molar-refractivity contribution < 1.29 is 57.2 Å². The van der Waals surface area contributed by atoms with Crippen LogP contribution in [0, 0.1) is 16.2 Å². The highest BCUT2D eigenvalue weighted by Gasteiger charge is 3.03. The molecule has 0 amide bonds. The van der Waals surface area contributed by atoms with E-state index < -0.39 is 92.6 Å². The van der Waals surface area contributed by atoms with E-state index >= 15 is 0 Å². The number of carbonyl (C=O) groups is 6. The summed E-state index contributed by atoms with van der Waals surface area (Å²) in [7, 11) is 0. The first kappa shape index (κ1) is 29.5. The fourth-order valence-electron chi connectivity index (χ4n) is 9.40. The molecule has 0 N–H and O–H groups in total. The molecular formula is C31H36O12. The fraction of sp³-hybridized carbons (Fsp3) is 0.677. The van der Waals surface area contributed by atoms with Crippen LogP contribution in [0.15, 0.2) is 23.8 Å². The molecule has 2 spiro atoms. The molecule has 0 unspecified atom stereocenters. The van der Waals surface area contributed by atoms with Crippen molar-refractivity contribution in [1.82, 2.24) is 0 Å². The molecule has 0 aromatic carbocycles. The van der Waals surface area contributed by atoms with E-state index in [0.717, 1.165) is 6.92 Å². The molecule has 3 bridgehead atoms. The summed E-state index contributed by atoms with van der Waals surface area (Å²) in [5.41, 5.74) is -12.8. The third kappa shape index (κ3) is 2.71. The van der Waals surface area contributed by atoms with Gasteiger partial charge in [-0.1, -0.05) is 19.6 Å². The Morgan fingerprint density at radius 3 is 2.21 bits per heavy atom. The molecule has 0 aromatic heterocycles. The van der Waals surface area contributed by atoms with Gasteiger partial charge in [-0.15, -0.1) is 0 Å². The molecule has 6 fully saturated rings. The maximum Gasteiger partial charge on any atom is 0.345 e. The van der Waals surface area contributed by atoms with E-state index in [2.05, 4.69) is 6.58 Å². The molecule has 0 aromatic rings. The predicted octanol–water partition coefficient (Wildman–Crippen LogP) is 2.20. The van der Waals surface area contributed by atoms with Crippen molar-refractivity contribution in [2.45, 2.75) is 115 Å². The average Bonchev–Trinajstić information content (AvgIpc) is 3.23. The molecule has 6 aliphatic rings. The molecule has 12 nitrogen and oxygen atoms in total. The van der Waals surface area contributed by atoms with Crippen molar-refractivity contribution in [3.8, 4) is 0 Å². The van der Waals surface area contributed by atoms with Crippen molar-refractivity contribution >= 4 is 35.6 Å². The van der Waals surface area contributed by atoms with Gasteiger partial charge in [0.2, 0.25) is 17.0 Å². The molecule has 9 atom stereocenters. The van der Waals surface area contributed by atoms with Crippen molar-refractivity contribution in [2.24, 2.45) is 16.2 Å². The van der Waals surface area contributed by atoms with Gasteiger partial charge >= 0.3 is 29.8 Å². The van der Waals surface area contributed by atoms with Gasteiger partial charge in [0.1, 0.15) is 23.4 Å². The quantitative estimate of drug-likeness (QED) is 0.153. The molecule has 12 heteroatoms. The van der Waals surface area contributed by atoms with E-state index in [4.69, 9.17) is 28.4 Å². The number of carbonyl (C=O) groups excluding carboxylic acids is 6. The lowest BCUT2D eigenvalue weighted by Crippen LogP contribution is -2.85. The van der Waals surface area contributed by atoms with E-state index in [1.807, 2.05) is 0 Å². The van der Waals surface area contributed by atoms with E-state index in [0.29, 0.717) is 0 Å². The fourth-order valence-corrected chi connectivity index (χ4v) is 9.40. The number of hydrogen-bond acceptors (Lipinski definition) is 12. The normalized spacial score (nSPS) is 47.4. The van der Waals surface area contributed by atoms with Crippen molar-refractivity contribution in [3.05, 3.63) is 23.8 Å². The van der Waals surface area contributed by atoms with Crippen LogP contribution in [0.4, 0.5) is 0 Å². The Balaban J connectivity index is 1.76. The van der Waals surface area contributed by atoms with E-state index in [9.17, 15) is 28.8 Å². The van der Waals surface area contributed by atoms with Crippen molar-refractivity contribution in [1.29, 1.82) is 0 Å². The number of rotatable bonds is 3. The highest BCUT2D eigenvalue weighted by molar-refractivity contribution is 6.21. The Kier molecular flexibility index (Phi) is 5.59. The Morgan fingerprint density at radius 2 is 1.63 bits per heavy atom. The van der Waals surface area contributed by atoms with Crippen LogP contribution in [0.1, 0.15) is 74.7 Å². The van der Waals surface area contributed by atoms with Gasteiger partial charge < -0.3 is 28.4 Å². The monoisotopic (exact) mass is 600 g/mol. The zero-order valence-corrected chi connectivity index (χ0v) is 25.5. The van der Waals surface area contributed by atoms with Gasteiger partial charge in [-0.25, -0.2) is 9.59 Å². The minimum absolute atomic E-state index is 0.0254. The molecule has 4 aliphatic heterocycles. The number of ether oxygens (including phenoxy) is 6. The Hall–Kier alpha value is -3.54. The van der Waals surface area contributed by atoms with Gasteiger partial charge in [0, 0.05) is 24.3 Å². The summed E-state index contributed by atoms with van der Waals surface area (Å²) < 4.78 is 36.4. The van der Waals surface area contributed by atoms with Crippen LogP contribution in [0.25, 0.3) is 0 Å². The number of allylic oxidation sites excluding steroid dienone is 1. The average molecular weight is 601 g/mol. The first-order valence-corrected chi connectivity index (χ1v) is 14.4. The summed E-state index contributed by atoms with van der Waals surface area (Å²) >= 11 is 0. The van der Waals surface area contributed by atoms with Crippen LogP contribution in [-0.4, -0.2) is 76.3 Å². The Morgan fingerprint density at radius 1 is 0.977 bits per heavy atom. The first-order chi connectivity index (χ1) is 19.8. The molecule has 232 valence electrons. The van der Waals surface area contributed by atoms with Gasteiger partial charge in [-0.05, 0) is 60.0 Å². The predicted molar refractivity (Wildman–Crippen MR) is 143 cm³/mol. The van der Waals surface area contributed by atoms with Gasteiger partial charge in [0.25, 0.3) is 0 Å². The van der Waals surface area contributed by atoms with E-state index in [1.165, 1.54) is 20.8 Å². The van der Waals surface area contributed by atoms with Crippen molar-refractivity contribution in [2.75, 3.05) is 0 Å². The highest BCUT2D eigenvalue weighted by Crippen LogP contribution is 2.82. The Bertz CT molecular complexity index is 1490. The number of esters is 5. The lowest BCUT2D eigenvalue weighted by atomic mass is 9.35. The number of Topliss-reactive ketones (excluding diaryl/α,β-unsaturated/α-hetero) is 1. The lowest BCUT2D eigenvalue weighted by molar-refractivity contribution is -0.274. The third-order valence-corrected chi connectivity index (χ3v) is 11.6. The molecular weight excluding hydrogens is 564 g/mol. The zero-order valence-electron chi connectivity index (χ0n) is 25.5. The standard InChI is InChI=1S/C31H36O12/c1-10-14(2)20(34)40-18-13-28(12-11-19(33)41-25(28,6)7)15(3)30-22(39-17(5)32)26(8)21(35)29(27(18,30)9)23(36)38-16(4)31(29,43-30)24(37)42-26/h10,16,18,22H,3,11-13H2,1-2,4-9H3/b14-10+/t16-,18+,22-,26-,27-,28-,29-,30-,31-/m0/s1. The summed E-state index contributed by atoms with van der Waals surface area (Å²) in [6.45, 7) is 16.4. The van der Waals surface area contributed by atoms with Crippen LogP contribution in [0.2, 0.25) is 0 Å². The number of ketones is 1. The number of fused-ring (bicyclic) bond motifs is 1. The molecule has 2 aliphatic carbocycles. The first-order valence-electron chi connectivity index (χ1n) is 14.4. The minimum atomic E-state index is -2.37. The van der Waals surface area contributed by atoms with E-state index in [-0.39, 0.29) is 30.4 Å². The Labute approximate surface area is 248 Å². The molecule has 2 saturated carbocycles. The summed E-state index contributed by atoms with van der Waals surface area (Å²) in [4.78, 5) is 82.1. The smallest absolute Gasteiger partial charge is 0.345 e. The zero-order chi connectivity index (χ0) is 31.9. The third-order valence-electron chi connectivity index (χ3n) is 11.6. The van der Waals surface area contributed by atoms with Gasteiger partial charge in [0.05, 0.1) is 5.41 Å². The molecule has 6 rings (SSSR count). The largest absolute Gasteiger partial charge is 0.459 e. The van der Waals surface area contributed by atoms with Gasteiger partial charge in [0.15, 0.2) is 11.5 Å². The second kappa shape index (κ2) is 8.13. The van der Waals surface area contributed by atoms with Crippen LogP contribution in [0.5, 0.6) is 0 Å². The van der Waals surface area contributed by atoms with Crippen LogP contribution in [0.3, 0.4) is 0 Å². The van der Waals surface area contributed by atoms with E-state index in [1.54, 1.807) is 33.8 Å². The number of cyclic esters (lactones) is 2. The maximum absolute atomic E-state index is 14.9. The molecule has 4 heterocycles. The second-order valence-corrected chi connectivity index (χ2v) is 13.5. The summed E-state index contributed by atoms with van der Waals surface area (Å²) in [6.07, 6.45) is -2.66. The van der Waals surface area contributed by atoms with Crippen LogP contribution in [-0.2, 0) is 57.2 Å². The molecule has 4 saturated heterocycles.